The summed E-state index contributed by atoms with van der Waals surface area (Å²) in [7, 11) is 0. The van der Waals surface area contributed by atoms with Gasteiger partial charge in [-0.3, -0.25) is 4.79 Å². The van der Waals surface area contributed by atoms with Crippen LogP contribution in [0.4, 0.5) is 13.2 Å². The average molecular weight is 391 g/mol. The van der Waals surface area contributed by atoms with Crippen molar-refractivity contribution in [3.05, 3.63) is 59.7 Å². The van der Waals surface area contributed by atoms with E-state index in [1.54, 1.807) is 24.3 Å². The topological polar surface area (TPSA) is 47.6 Å². The van der Waals surface area contributed by atoms with Crippen molar-refractivity contribution < 1.29 is 27.4 Å². The minimum atomic E-state index is -4.42. The molecule has 28 heavy (non-hydrogen) atoms. The van der Waals surface area contributed by atoms with Gasteiger partial charge in [-0.05, 0) is 56.3 Å². The number of amides is 1. The Morgan fingerprint density at radius 3 is 2.43 bits per heavy atom. The van der Waals surface area contributed by atoms with Crippen LogP contribution in [0.15, 0.2) is 48.5 Å². The van der Waals surface area contributed by atoms with Crippen LogP contribution in [0.25, 0.3) is 0 Å². The number of benzene rings is 2. The summed E-state index contributed by atoms with van der Waals surface area (Å²) in [5, 5.41) is 2.63. The van der Waals surface area contributed by atoms with E-state index in [0.29, 0.717) is 11.3 Å². The fourth-order valence-electron chi connectivity index (χ4n) is 2.18. The maximum absolute atomic E-state index is 12.6. The number of hydrogen-bond donors (Lipinski definition) is 1. The summed E-state index contributed by atoms with van der Waals surface area (Å²) in [4.78, 5) is 12.0. The predicted octanol–water partition coefficient (Wildman–Crippen LogP) is 4.30. The Bertz CT molecular complexity index is 850. The molecule has 0 aliphatic carbocycles. The molecule has 0 bridgehead atoms. The Morgan fingerprint density at radius 2 is 1.79 bits per heavy atom. The molecule has 2 aromatic rings. The molecule has 7 heteroatoms. The molecule has 0 heterocycles. The first kappa shape index (κ1) is 21.2. The number of ether oxygens (including phenoxy) is 2. The standard InChI is InChI=1S/C21H20F3NO3/c1-15(2)28-18-10-8-16(9-11-18)20(26)25-12-3-4-13-27-19-7-5-6-17(14-19)21(22,23)24/h5-11,14-15H,12-13H2,1-2H3,(H,25,26). The summed E-state index contributed by atoms with van der Waals surface area (Å²) in [5.41, 5.74) is -0.312. The molecule has 0 radical (unpaired) electrons. The second-order valence-corrected chi connectivity index (χ2v) is 6.04. The minimum absolute atomic E-state index is 0.0492. The maximum Gasteiger partial charge on any atom is 0.416 e. The molecule has 0 unspecified atom stereocenters. The third-order valence-electron chi connectivity index (χ3n) is 3.42. The summed E-state index contributed by atoms with van der Waals surface area (Å²) in [6, 6.07) is 11.3. The molecule has 0 saturated carbocycles. The van der Waals surface area contributed by atoms with Crippen molar-refractivity contribution in [3.63, 3.8) is 0 Å². The van der Waals surface area contributed by atoms with E-state index in [0.717, 1.165) is 12.1 Å². The molecule has 0 spiro atoms. The zero-order valence-electron chi connectivity index (χ0n) is 15.5. The first-order valence-electron chi connectivity index (χ1n) is 8.56. The number of nitrogens with one attached hydrogen (secondary N) is 1. The quantitative estimate of drug-likeness (QED) is 0.747. The molecule has 0 saturated heterocycles. The molecule has 2 aromatic carbocycles. The largest absolute Gasteiger partial charge is 0.491 e. The van der Waals surface area contributed by atoms with E-state index in [4.69, 9.17) is 9.47 Å². The van der Waals surface area contributed by atoms with Crippen LogP contribution in [0.2, 0.25) is 0 Å². The molecule has 0 aliphatic heterocycles. The smallest absolute Gasteiger partial charge is 0.416 e. The van der Waals surface area contributed by atoms with Gasteiger partial charge in [0.25, 0.3) is 5.91 Å². The van der Waals surface area contributed by atoms with E-state index in [2.05, 4.69) is 17.2 Å². The van der Waals surface area contributed by atoms with Crippen LogP contribution in [0.5, 0.6) is 11.5 Å². The molecule has 148 valence electrons. The molecular formula is C21H20F3NO3. The highest BCUT2D eigenvalue weighted by Crippen LogP contribution is 2.31. The Balaban J connectivity index is 1.77. The fraction of sp³-hybridized carbons (Fsp3) is 0.286. The lowest BCUT2D eigenvalue weighted by atomic mass is 10.2. The van der Waals surface area contributed by atoms with Gasteiger partial charge in [-0.1, -0.05) is 17.9 Å². The van der Waals surface area contributed by atoms with Crippen LogP contribution >= 0.6 is 0 Å². The Kier molecular flexibility index (Phi) is 7.33. The van der Waals surface area contributed by atoms with Gasteiger partial charge in [0.05, 0.1) is 18.2 Å². The van der Waals surface area contributed by atoms with Gasteiger partial charge in [0, 0.05) is 5.56 Å². The van der Waals surface area contributed by atoms with E-state index >= 15 is 0 Å². The first-order valence-corrected chi connectivity index (χ1v) is 8.56. The van der Waals surface area contributed by atoms with Crippen LogP contribution < -0.4 is 14.8 Å². The van der Waals surface area contributed by atoms with Crippen LogP contribution in [0.3, 0.4) is 0 Å². The summed E-state index contributed by atoms with van der Waals surface area (Å²) in [5.74, 6) is 5.80. The van der Waals surface area contributed by atoms with Gasteiger partial charge in [0.1, 0.15) is 18.1 Å². The maximum atomic E-state index is 12.6. The highest BCUT2D eigenvalue weighted by atomic mass is 19.4. The van der Waals surface area contributed by atoms with Gasteiger partial charge in [-0.2, -0.15) is 13.2 Å². The molecule has 4 nitrogen and oxygen atoms in total. The van der Waals surface area contributed by atoms with Gasteiger partial charge in [-0.25, -0.2) is 0 Å². The average Bonchev–Trinajstić information content (AvgIpc) is 2.64. The van der Waals surface area contributed by atoms with Gasteiger partial charge < -0.3 is 14.8 Å². The molecule has 0 aromatic heterocycles. The normalized spacial score (nSPS) is 10.8. The fourth-order valence-corrected chi connectivity index (χ4v) is 2.18. The summed E-state index contributed by atoms with van der Waals surface area (Å²) < 4.78 is 48.5. The van der Waals surface area contributed by atoms with E-state index in [-0.39, 0.29) is 30.9 Å². The Hall–Kier alpha value is -3.14. The molecule has 2 rings (SSSR count). The highest BCUT2D eigenvalue weighted by Gasteiger charge is 2.30. The van der Waals surface area contributed by atoms with Crippen molar-refractivity contribution in [3.8, 4) is 23.3 Å². The number of alkyl halides is 3. The number of carbonyl (C=O) groups excluding carboxylic acids is 1. The van der Waals surface area contributed by atoms with Crippen molar-refractivity contribution >= 4 is 5.91 Å². The molecule has 0 atom stereocenters. The van der Waals surface area contributed by atoms with Gasteiger partial charge >= 0.3 is 6.18 Å². The Labute approximate surface area is 161 Å². The predicted molar refractivity (Wildman–Crippen MR) is 99.3 cm³/mol. The van der Waals surface area contributed by atoms with Crippen molar-refractivity contribution in [2.75, 3.05) is 13.2 Å². The lowest BCUT2D eigenvalue weighted by Gasteiger charge is -2.09. The lowest BCUT2D eigenvalue weighted by molar-refractivity contribution is -0.137. The van der Waals surface area contributed by atoms with E-state index in [9.17, 15) is 18.0 Å². The zero-order valence-corrected chi connectivity index (χ0v) is 15.5. The van der Waals surface area contributed by atoms with E-state index < -0.39 is 11.7 Å². The number of halogens is 3. The van der Waals surface area contributed by atoms with Crippen molar-refractivity contribution in [2.45, 2.75) is 26.1 Å². The number of rotatable bonds is 6. The second-order valence-electron chi connectivity index (χ2n) is 6.04. The molecule has 1 N–H and O–H groups in total. The van der Waals surface area contributed by atoms with Gasteiger partial charge in [0.2, 0.25) is 0 Å². The van der Waals surface area contributed by atoms with Crippen molar-refractivity contribution in [2.24, 2.45) is 0 Å². The first-order chi connectivity index (χ1) is 13.3. The van der Waals surface area contributed by atoms with Gasteiger partial charge in [-0.15, -0.1) is 0 Å². The third-order valence-corrected chi connectivity index (χ3v) is 3.42. The monoisotopic (exact) mass is 391 g/mol. The molecular weight excluding hydrogens is 371 g/mol. The van der Waals surface area contributed by atoms with Crippen molar-refractivity contribution in [1.29, 1.82) is 0 Å². The third kappa shape index (κ3) is 6.88. The second kappa shape index (κ2) is 9.70. The zero-order chi connectivity index (χ0) is 20.6. The highest BCUT2D eigenvalue weighted by molar-refractivity contribution is 5.94. The molecule has 1 amide bonds. The number of hydrogen-bond acceptors (Lipinski definition) is 3. The van der Waals surface area contributed by atoms with Crippen LogP contribution in [-0.2, 0) is 6.18 Å². The summed E-state index contributed by atoms with van der Waals surface area (Å²) in [6.07, 6.45) is -4.37. The van der Waals surface area contributed by atoms with Gasteiger partial charge in [0.15, 0.2) is 0 Å². The van der Waals surface area contributed by atoms with Crippen molar-refractivity contribution in [1.82, 2.24) is 5.32 Å². The summed E-state index contributed by atoms with van der Waals surface area (Å²) >= 11 is 0. The van der Waals surface area contributed by atoms with Crippen LogP contribution in [0, 0.1) is 11.8 Å². The van der Waals surface area contributed by atoms with E-state index in [1.165, 1.54) is 12.1 Å². The Morgan fingerprint density at radius 1 is 1.07 bits per heavy atom. The molecule has 0 fully saturated rings. The lowest BCUT2D eigenvalue weighted by Crippen LogP contribution is -2.23. The van der Waals surface area contributed by atoms with E-state index in [1.807, 2.05) is 13.8 Å². The SMILES string of the molecule is CC(C)Oc1ccc(C(=O)NCC#CCOc2cccc(C(F)(F)F)c2)cc1. The molecule has 0 aliphatic rings. The summed E-state index contributed by atoms with van der Waals surface area (Å²) in [6.45, 7) is 3.83. The van der Waals surface area contributed by atoms with Crippen LogP contribution in [0.1, 0.15) is 29.8 Å². The number of carbonyl (C=O) groups is 1. The minimum Gasteiger partial charge on any atom is -0.491 e. The van der Waals surface area contributed by atoms with Crippen LogP contribution in [-0.4, -0.2) is 25.2 Å².